The fourth-order valence-electron chi connectivity index (χ4n) is 1.88. The molecule has 0 spiro atoms. The molecule has 2 unspecified atom stereocenters. The minimum absolute atomic E-state index is 0.237. The second kappa shape index (κ2) is 4.70. The van der Waals surface area contributed by atoms with Crippen molar-refractivity contribution in [3.8, 4) is 0 Å². The highest BCUT2D eigenvalue weighted by atomic mass is 32.2. The summed E-state index contributed by atoms with van der Waals surface area (Å²) in [5.74, 6) is -0.758. The molecule has 1 saturated heterocycles. The Kier molecular flexibility index (Phi) is 3.88. The number of carbonyl (C=O) groups excluding carboxylic acids is 2. The lowest BCUT2D eigenvalue weighted by Crippen LogP contribution is -2.75. The predicted molar refractivity (Wildman–Crippen MR) is 67.1 cm³/mol. The first-order valence-corrected chi connectivity index (χ1v) is 6.49. The van der Waals surface area contributed by atoms with Gasteiger partial charge < -0.3 is 10.5 Å². The second-order valence-corrected chi connectivity index (χ2v) is 5.30. The molecule has 0 radical (unpaired) electrons. The van der Waals surface area contributed by atoms with Gasteiger partial charge in [-0.25, -0.2) is 4.79 Å². The fraction of sp³-hybridized carbons (Fsp3) is 0.636. The first-order chi connectivity index (χ1) is 7.78. The molecule has 1 rings (SSSR count). The van der Waals surface area contributed by atoms with Gasteiger partial charge in [0.1, 0.15) is 16.6 Å². The van der Waals surface area contributed by atoms with Gasteiger partial charge >= 0.3 is 5.97 Å². The summed E-state index contributed by atoms with van der Waals surface area (Å²) in [4.78, 5) is 25.1. The van der Waals surface area contributed by atoms with Crippen LogP contribution < -0.4 is 5.73 Å². The van der Waals surface area contributed by atoms with Crippen LogP contribution in [0.25, 0.3) is 0 Å². The van der Waals surface area contributed by atoms with Crippen molar-refractivity contribution in [2.45, 2.75) is 31.7 Å². The molecule has 0 saturated carbocycles. The van der Waals surface area contributed by atoms with Crippen LogP contribution in [0.15, 0.2) is 11.3 Å². The summed E-state index contributed by atoms with van der Waals surface area (Å²) in [7, 11) is 1.30. The van der Waals surface area contributed by atoms with Crippen molar-refractivity contribution in [3.05, 3.63) is 11.3 Å². The first kappa shape index (κ1) is 14.1. The van der Waals surface area contributed by atoms with Gasteiger partial charge in [-0.05, 0) is 32.6 Å². The van der Waals surface area contributed by atoms with Crippen LogP contribution in [-0.4, -0.2) is 41.1 Å². The molecule has 96 valence electrons. The molecular weight excluding hydrogens is 240 g/mol. The third-order valence-corrected chi connectivity index (χ3v) is 3.89. The number of likely N-dealkylation sites (tertiary alicyclic amines) is 1. The van der Waals surface area contributed by atoms with E-state index in [1.165, 1.54) is 23.8 Å². The molecular formula is C11H18N2O3S. The molecule has 0 bridgehead atoms. The molecule has 0 aromatic carbocycles. The molecule has 5 nitrogen and oxygen atoms in total. The monoisotopic (exact) mass is 258 g/mol. The van der Waals surface area contributed by atoms with Crippen molar-refractivity contribution >= 4 is 23.6 Å². The number of methoxy groups -OCH3 is 1. The number of thioether (sulfide) groups is 1. The van der Waals surface area contributed by atoms with Gasteiger partial charge in [0.2, 0.25) is 0 Å². The lowest BCUT2D eigenvalue weighted by Gasteiger charge is -2.51. The van der Waals surface area contributed by atoms with Crippen LogP contribution in [-0.2, 0) is 14.3 Å². The van der Waals surface area contributed by atoms with Crippen LogP contribution in [0.4, 0.5) is 0 Å². The van der Waals surface area contributed by atoms with Gasteiger partial charge in [-0.2, -0.15) is 0 Å². The van der Waals surface area contributed by atoms with Crippen LogP contribution in [0.1, 0.15) is 20.8 Å². The van der Waals surface area contributed by atoms with Crippen LogP contribution in [0.3, 0.4) is 0 Å². The van der Waals surface area contributed by atoms with Gasteiger partial charge in [-0.3, -0.25) is 9.69 Å². The SMILES string of the molecule is COC(=O)C(=C(C)C)N1C(=O)C(C)(N)C1SC. The topological polar surface area (TPSA) is 72.6 Å². The highest BCUT2D eigenvalue weighted by molar-refractivity contribution is 7.99. The number of carbonyl (C=O) groups is 2. The van der Waals surface area contributed by atoms with Gasteiger partial charge in [0, 0.05) is 0 Å². The van der Waals surface area contributed by atoms with E-state index in [-0.39, 0.29) is 11.3 Å². The van der Waals surface area contributed by atoms with Crippen molar-refractivity contribution < 1.29 is 14.3 Å². The molecule has 1 aliphatic rings. The van der Waals surface area contributed by atoms with E-state index in [0.29, 0.717) is 5.70 Å². The highest BCUT2D eigenvalue weighted by Crippen LogP contribution is 2.39. The van der Waals surface area contributed by atoms with E-state index in [0.717, 1.165) is 5.57 Å². The van der Waals surface area contributed by atoms with E-state index < -0.39 is 11.5 Å². The largest absolute Gasteiger partial charge is 0.464 e. The number of nitrogens with two attached hydrogens (primary N) is 1. The quantitative estimate of drug-likeness (QED) is 0.458. The molecule has 1 heterocycles. The van der Waals surface area contributed by atoms with E-state index in [4.69, 9.17) is 10.5 Å². The molecule has 1 fully saturated rings. The number of rotatable bonds is 3. The summed E-state index contributed by atoms with van der Waals surface area (Å²) in [6.07, 6.45) is 1.86. The van der Waals surface area contributed by atoms with Crippen molar-refractivity contribution in [2.75, 3.05) is 13.4 Å². The molecule has 0 aromatic rings. The number of esters is 1. The van der Waals surface area contributed by atoms with E-state index in [1.54, 1.807) is 20.8 Å². The zero-order valence-corrected chi connectivity index (χ0v) is 11.6. The van der Waals surface area contributed by atoms with Gasteiger partial charge in [0.25, 0.3) is 5.91 Å². The molecule has 6 heteroatoms. The standard InChI is InChI=1S/C11H18N2O3S/c1-6(2)7(8(14)16-4)13-9(15)11(3,12)10(13)17-5/h10H,12H2,1-5H3. The molecule has 17 heavy (non-hydrogen) atoms. The zero-order valence-electron chi connectivity index (χ0n) is 10.7. The fourth-order valence-corrected chi connectivity index (χ4v) is 2.89. The second-order valence-electron chi connectivity index (χ2n) is 4.39. The molecule has 2 atom stereocenters. The Labute approximate surface area is 105 Å². The number of allylic oxidation sites excluding steroid dienone is 1. The lowest BCUT2D eigenvalue weighted by atomic mass is 9.90. The summed E-state index contributed by atoms with van der Waals surface area (Å²) in [5.41, 5.74) is 6.01. The average molecular weight is 258 g/mol. The number of hydrogen-bond acceptors (Lipinski definition) is 5. The molecule has 0 aliphatic carbocycles. The van der Waals surface area contributed by atoms with E-state index in [1.807, 2.05) is 6.26 Å². The number of β-lactam (4-membered cyclic amide) rings is 1. The number of nitrogens with zero attached hydrogens (tertiary/aromatic N) is 1. The van der Waals surface area contributed by atoms with Crippen molar-refractivity contribution in [1.29, 1.82) is 0 Å². The number of amides is 1. The van der Waals surface area contributed by atoms with Crippen LogP contribution in [0.5, 0.6) is 0 Å². The highest BCUT2D eigenvalue weighted by Gasteiger charge is 2.57. The molecule has 1 aliphatic heterocycles. The Bertz CT molecular complexity index is 386. The zero-order chi connectivity index (χ0) is 13.4. The van der Waals surface area contributed by atoms with Gasteiger partial charge in [-0.15, -0.1) is 11.8 Å². The average Bonchev–Trinajstić information content (AvgIpc) is 2.26. The molecule has 0 aromatic heterocycles. The first-order valence-electron chi connectivity index (χ1n) is 5.20. The van der Waals surface area contributed by atoms with Crippen LogP contribution >= 0.6 is 11.8 Å². The van der Waals surface area contributed by atoms with Crippen molar-refractivity contribution in [2.24, 2.45) is 5.73 Å². The Balaban J connectivity index is 3.12. The number of ether oxygens (including phenoxy) is 1. The Hall–Kier alpha value is -1.01. The van der Waals surface area contributed by atoms with Crippen LogP contribution in [0, 0.1) is 0 Å². The van der Waals surface area contributed by atoms with Gasteiger partial charge in [0.05, 0.1) is 7.11 Å². The minimum Gasteiger partial charge on any atom is -0.464 e. The van der Waals surface area contributed by atoms with Gasteiger partial charge in [-0.1, -0.05) is 0 Å². The summed E-state index contributed by atoms with van der Waals surface area (Å²) in [5, 5.41) is -0.237. The molecule has 2 N–H and O–H groups in total. The summed E-state index contributed by atoms with van der Waals surface area (Å²) in [6.45, 7) is 5.21. The normalized spacial score (nSPS) is 27.5. The Morgan fingerprint density at radius 2 is 2.06 bits per heavy atom. The lowest BCUT2D eigenvalue weighted by molar-refractivity contribution is -0.154. The van der Waals surface area contributed by atoms with Crippen molar-refractivity contribution in [1.82, 2.24) is 4.90 Å². The summed E-state index contributed by atoms with van der Waals surface area (Å²) in [6, 6.07) is 0. The Morgan fingerprint density at radius 1 is 1.53 bits per heavy atom. The van der Waals surface area contributed by atoms with E-state index in [9.17, 15) is 9.59 Å². The molecule has 1 amide bonds. The van der Waals surface area contributed by atoms with E-state index in [2.05, 4.69) is 0 Å². The smallest absolute Gasteiger partial charge is 0.354 e. The van der Waals surface area contributed by atoms with E-state index >= 15 is 0 Å². The summed E-state index contributed by atoms with van der Waals surface area (Å²) < 4.78 is 4.70. The maximum atomic E-state index is 12.0. The Morgan fingerprint density at radius 3 is 2.41 bits per heavy atom. The minimum atomic E-state index is -0.922. The number of hydrogen-bond donors (Lipinski definition) is 1. The van der Waals surface area contributed by atoms with Gasteiger partial charge in [0.15, 0.2) is 0 Å². The third kappa shape index (κ3) is 2.07. The predicted octanol–water partition coefficient (Wildman–Crippen LogP) is 0.702. The summed E-state index contributed by atoms with van der Waals surface area (Å²) >= 11 is 1.44. The maximum Gasteiger partial charge on any atom is 0.354 e. The maximum absolute atomic E-state index is 12.0. The van der Waals surface area contributed by atoms with Crippen molar-refractivity contribution in [3.63, 3.8) is 0 Å². The third-order valence-electron chi connectivity index (χ3n) is 2.74. The van der Waals surface area contributed by atoms with Crippen LogP contribution in [0.2, 0.25) is 0 Å².